The van der Waals surface area contributed by atoms with E-state index >= 15 is 0 Å². The lowest BCUT2D eigenvalue weighted by atomic mass is 9.95. The molecular formula is C21H23F3N2O2. The molecule has 2 aromatic rings. The smallest absolute Gasteiger partial charge is 0.418 e. The van der Waals surface area contributed by atoms with E-state index in [0.29, 0.717) is 12.8 Å². The van der Waals surface area contributed by atoms with Crippen LogP contribution in [0, 0.1) is 5.92 Å². The standard InChI is InChI=1S/C21H23F3N2O2/c1-28-17-6-4-5-15(13-17)14-26-11-9-16(10-12-26)20(27)25-19-8-3-2-7-18(19)21(22,23)24/h2-8,13,16H,9-12,14H2,1H3,(H,25,27). The summed E-state index contributed by atoms with van der Waals surface area (Å²) in [6.07, 6.45) is -3.27. The van der Waals surface area contributed by atoms with Gasteiger partial charge < -0.3 is 10.1 Å². The molecule has 1 saturated heterocycles. The molecule has 0 bridgehead atoms. The Labute approximate surface area is 162 Å². The molecule has 0 aliphatic carbocycles. The van der Waals surface area contributed by atoms with E-state index in [1.807, 2.05) is 24.3 Å². The van der Waals surface area contributed by atoms with E-state index < -0.39 is 11.7 Å². The van der Waals surface area contributed by atoms with Gasteiger partial charge in [-0.05, 0) is 55.8 Å². The highest BCUT2D eigenvalue weighted by atomic mass is 19.4. The van der Waals surface area contributed by atoms with E-state index in [2.05, 4.69) is 10.2 Å². The zero-order valence-electron chi connectivity index (χ0n) is 15.6. The van der Waals surface area contributed by atoms with Crippen LogP contribution in [0.5, 0.6) is 5.75 Å². The lowest BCUT2D eigenvalue weighted by Crippen LogP contribution is -2.38. The minimum atomic E-state index is -4.50. The zero-order chi connectivity index (χ0) is 20.1. The Morgan fingerprint density at radius 3 is 2.54 bits per heavy atom. The number of hydrogen-bond donors (Lipinski definition) is 1. The zero-order valence-corrected chi connectivity index (χ0v) is 15.6. The van der Waals surface area contributed by atoms with Gasteiger partial charge in [0.2, 0.25) is 5.91 Å². The van der Waals surface area contributed by atoms with Crippen LogP contribution in [0.3, 0.4) is 0 Å². The van der Waals surface area contributed by atoms with E-state index in [1.54, 1.807) is 7.11 Å². The maximum atomic E-state index is 13.1. The molecule has 7 heteroatoms. The molecule has 4 nitrogen and oxygen atoms in total. The average Bonchev–Trinajstić information content (AvgIpc) is 2.68. The van der Waals surface area contributed by atoms with Crippen molar-refractivity contribution in [3.8, 4) is 5.75 Å². The SMILES string of the molecule is COc1cccc(CN2CCC(C(=O)Nc3ccccc3C(F)(F)F)CC2)c1. The Morgan fingerprint density at radius 2 is 1.86 bits per heavy atom. The molecule has 0 atom stereocenters. The van der Waals surface area contributed by atoms with Crippen molar-refractivity contribution in [2.45, 2.75) is 25.6 Å². The first kappa shape index (κ1) is 20.2. The number of benzene rings is 2. The summed E-state index contributed by atoms with van der Waals surface area (Å²) in [5.74, 6) is 0.163. The Hall–Kier alpha value is -2.54. The highest BCUT2D eigenvalue weighted by Gasteiger charge is 2.34. The van der Waals surface area contributed by atoms with Gasteiger partial charge in [0.25, 0.3) is 0 Å². The van der Waals surface area contributed by atoms with Crippen molar-refractivity contribution in [2.75, 3.05) is 25.5 Å². The quantitative estimate of drug-likeness (QED) is 0.811. The highest BCUT2D eigenvalue weighted by Crippen LogP contribution is 2.35. The Kier molecular flexibility index (Phi) is 6.24. The fraction of sp³-hybridized carbons (Fsp3) is 0.381. The van der Waals surface area contributed by atoms with Crippen molar-refractivity contribution in [2.24, 2.45) is 5.92 Å². The average molecular weight is 392 g/mol. The predicted molar refractivity (Wildman–Crippen MR) is 101 cm³/mol. The monoisotopic (exact) mass is 392 g/mol. The first-order valence-electron chi connectivity index (χ1n) is 9.19. The van der Waals surface area contributed by atoms with Gasteiger partial charge in [0.05, 0.1) is 18.4 Å². The maximum Gasteiger partial charge on any atom is 0.418 e. The molecule has 1 heterocycles. The first-order chi connectivity index (χ1) is 13.4. The van der Waals surface area contributed by atoms with Gasteiger partial charge in [-0.15, -0.1) is 0 Å². The summed E-state index contributed by atoms with van der Waals surface area (Å²) in [5, 5.41) is 2.47. The number of nitrogens with one attached hydrogen (secondary N) is 1. The fourth-order valence-electron chi connectivity index (χ4n) is 3.46. The van der Waals surface area contributed by atoms with Gasteiger partial charge in [0.15, 0.2) is 0 Å². The second-order valence-electron chi connectivity index (χ2n) is 6.93. The van der Waals surface area contributed by atoms with Gasteiger partial charge in [-0.25, -0.2) is 0 Å². The lowest BCUT2D eigenvalue weighted by Gasteiger charge is -2.31. The molecule has 0 spiro atoms. The second-order valence-corrected chi connectivity index (χ2v) is 6.93. The first-order valence-corrected chi connectivity index (χ1v) is 9.19. The number of alkyl halides is 3. The molecule has 1 aliphatic heterocycles. The molecular weight excluding hydrogens is 369 g/mol. The Morgan fingerprint density at radius 1 is 1.14 bits per heavy atom. The van der Waals surface area contributed by atoms with Crippen LogP contribution in [0.25, 0.3) is 0 Å². The maximum absolute atomic E-state index is 13.1. The third-order valence-electron chi connectivity index (χ3n) is 4.99. The summed E-state index contributed by atoms with van der Waals surface area (Å²) >= 11 is 0. The van der Waals surface area contributed by atoms with E-state index in [9.17, 15) is 18.0 Å². The number of para-hydroxylation sites is 1. The molecule has 0 saturated carbocycles. The number of methoxy groups -OCH3 is 1. The topological polar surface area (TPSA) is 41.6 Å². The minimum Gasteiger partial charge on any atom is -0.497 e. The number of piperidine rings is 1. The molecule has 0 radical (unpaired) electrons. The van der Waals surface area contributed by atoms with Gasteiger partial charge in [-0.2, -0.15) is 13.2 Å². The van der Waals surface area contributed by atoms with Crippen molar-refractivity contribution < 1.29 is 22.7 Å². The normalized spacial score (nSPS) is 16.0. The molecule has 28 heavy (non-hydrogen) atoms. The molecule has 2 aromatic carbocycles. The van der Waals surface area contributed by atoms with Crippen molar-refractivity contribution in [3.05, 3.63) is 59.7 Å². The molecule has 1 fully saturated rings. The van der Waals surface area contributed by atoms with Gasteiger partial charge in [-0.1, -0.05) is 24.3 Å². The summed E-state index contributed by atoms with van der Waals surface area (Å²) in [6.45, 7) is 2.19. The number of nitrogens with zero attached hydrogens (tertiary/aromatic N) is 1. The number of hydrogen-bond acceptors (Lipinski definition) is 3. The van der Waals surface area contributed by atoms with Crippen LogP contribution in [0.2, 0.25) is 0 Å². The van der Waals surface area contributed by atoms with Crippen molar-refractivity contribution >= 4 is 11.6 Å². The summed E-state index contributed by atoms with van der Waals surface area (Å²) in [7, 11) is 1.63. The van der Waals surface area contributed by atoms with Crippen LogP contribution in [0.15, 0.2) is 48.5 Å². The van der Waals surface area contributed by atoms with Crippen molar-refractivity contribution in [1.29, 1.82) is 0 Å². The number of anilines is 1. The summed E-state index contributed by atoms with van der Waals surface area (Å²) < 4.78 is 44.5. The summed E-state index contributed by atoms with van der Waals surface area (Å²) in [6, 6.07) is 12.9. The fourth-order valence-corrected chi connectivity index (χ4v) is 3.46. The van der Waals surface area contributed by atoms with Crippen LogP contribution in [0.4, 0.5) is 18.9 Å². The third-order valence-corrected chi connectivity index (χ3v) is 4.99. The minimum absolute atomic E-state index is 0.182. The van der Waals surface area contributed by atoms with E-state index in [-0.39, 0.29) is 17.5 Å². The molecule has 3 rings (SSSR count). The lowest BCUT2D eigenvalue weighted by molar-refractivity contribution is -0.137. The van der Waals surface area contributed by atoms with Gasteiger partial charge in [-0.3, -0.25) is 9.69 Å². The highest BCUT2D eigenvalue weighted by molar-refractivity contribution is 5.93. The predicted octanol–water partition coefficient (Wildman–Crippen LogP) is 4.56. The number of halogens is 3. The van der Waals surface area contributed by atoms with Crippen LogP contribution in [-0.4, -0.2) is 31.0 Å². The van der Waals surface area contributed by atoms with Gasteiger partial charge in [0.1, 0.15) is 5.75 Å². The van der Waals surface area contributed by atoms with Crippen molar-refractivity contribution in [1.82, 2.24) is 4.90 Å². The Bertz CT molecular complexity index is 815. The number of amides is 1. The second kappa shape index (κ2) is 8.65. The van der Waals surface area contributed by atoms with Crippen LogP contribution < -0.4 is 10.1 Å². The number of rotatable bonds is 5. The number of ether oxygens (including phenoxy) is 1. The van der Waals surface area contributed by atoms with Crippen LogP contribution in [-0.2, 0) is 17.5 Å². The van der Waals surface area contributed by atoms with Gasteiger partial charge >= 0.3 is 6.18 Å². The number of carbonyl (C=O) groups is 1. The van der Waals surface area contributed by atoms with Crippen LogP contribution >= 0.6 is 0 Å². The molecule has 150 valence electrons. The molecule has 1 N–H and O–H groups in total. The van der Waals surface area contributed by atoms with Gasteiger partial charge in [0, 0.05) is 12.5 Å². The molecule has 1 aliphatic rings. The summed E-state index contributed by atoms with van der Waals surface area (Å²) in [4.78, 5) is 14.7. The largest absolute Gasteiger partial charge is 0.497 e. The van der Waals surface area contributed by atoms with E-state index in [4.69, 9.17) is 4.74 Å². The molecule has 0 unspecified atom stereocenters. The van der Waals surface area contributed by atoms with E-state index in [0.717, 1.165) is 37.0 Å². The molecule has 1 amide bonds. The third kappa shape index (κ3) is 5.04. The van der Waals surface area contributed by atoms with Crippen molar-refractivity contribution in [3.63, 3.8) is 0 Å². The number of carbonyl (C=O) groups excluding carboxylic acids is 1. The van der Waals surface area contributed by atoms with Crippen LogP contribution in [0.1, 0.15) is 24.0 Å². The number of likely N-dealkylation sites (tertiary alicyclic amines) is 1. The summed E-state index contributed by atoms with van der Waals surface area (Å²) in [5.41, 5.74) is 0.124. The Balaban J connectivity index is 1.56. The molecule has 0 aromatic heterocycles. The van der Waals surface area contributed by atoms with E-state index in [1.165, 1.54) is 18.2 Å².